The minimum absolute atomic E-state index is 0.386. The normalized spacial score (nSPS) is 10.7. The van der Waals surface area contributed by atoms with Crippen LogP contribution in [0.2, 0.25) is 5.02 Å². The SMILES string of the molecule is Nc1cc(=O)oc2c(I)cc(Cl)cc12. The number of rotatable bonds is 0. The van der Waals surface area contributed by atoms with Crippen molar-refractivity contribution in [1.82, 2.24) is 0 Å². The van der Waals surface area contributed by atoms with Gasteiger partial charge < -0.3 is 10.2 Å². The molecule has 0 spiro atoms. The molecule has 0 saturated heterocycles. The maximum Gasteiger partial charge on any atom is 0.338 e. The van der Waals surface area contributed by atoms with Crippen molar-refractivity contribution in [3.8, 4) is 0 Å². The average molecular weight is 322 g/mol. The van der Waals surface area contributed by atoms with Crippen LogP contribution in [0, 0.1) is 3.57 Å². The van der Waals surface area contributed by atoms with Crippen LogP contribution in [-0.2, 0) is 0 Å². The standard InChI is InChI=1S/C9H5ClINO2/c10-4-1-5-7(12)3-8(13)14-9(5)6(11)2-4/h1-3H,12H2. The lowest BCUT2D eigenvalue weighted by Gasteiger charge is -2.02. The third-order valence-corrected chi connectivity index (χ3v) is 2.81. The lowest BCUT2D eigenvalue weighted by atomic mass is 10.2. The van der Waals surface area contributed by atoms with Gasteiger partial charge in [0.1, 0.15) is 0 Å². The molecule has 1 aromatic carbocycles. The third-order valence-electron chi connectivity index (χ3n) is 1.80. The summed E-state index contributed by atoms with van der Waals surface area (Å²) in [6.07, 6.45) is 0. The van der Waals surface area contributed by atoms with Crippen LogP contribution >= 0.6 is 34.2 Å². The first-order valence-corrected chi connectivity index (χ1v) is 5.22. The van der Waals surface area contributed by atoms with Crippen molar-refractivity contribution in [2.24, 2.45) is 0 Å². The number of hydrogen-bond acceptors (Lipinski definition) is 3. The number of benzene rings is 1. The number of nitrogens with two attached hydrogens (primary N) is 1. The fraction of sp³-hybridized carbons (Fsp3) is 0. The van der Waals surface area contributed by atoms with Crippen LogP contribution in [0.4, 0.5) is 5.69 Å². The van der Waals surface area contributed by atoms with Crippen LogP contribution in [0.5, 0.6) is 0 Å². The van der Waals surface area contributed by atoms with Gasteiger partial charge in [-0.05, 0) is 34.7 Å². The van der Waals surface area contributed by atoms with E-state index in [1.165, 1.54) is 6.07 Å². The zero-order valence-electron chi connectivity index (χ0n) is 6.88. The molecule has 0 aliphatic heterocycles. The zero-order valence-corrected chi connectivity index (χ0v) is 9.80. The Bertz CT molecular complexity index is 564. The molecule has 2 aromatic rings. The van der Waals surface area contributed by atoms with Gasteiger partial charge in [0.05, 0.1) is 3.57 Å². The monoisotopic (exact) mass is 321 g/mol. The molecule has 2 rings (SSSR count). The second-order valence-electron chi connectivity index (χ2n) is 2.79. The smallest absolute Gasteiger partial charge is 0.338 e. The molecule has 14 heavy (non-hydrogen) atoms. The average Bonchev–Trinajstić information content (AvgIpc) is 2.07. The lowest BCUT2D eigenvalue weighted by molar-refractivity contribution is 0.560. The predicted molar refractivity (Wildman–Crippen MR) is 64.6 cm³/mol. The molecule has 0 fully saturated rings. The van der Waals surface area contributed by atoms with Gasteiger partial charge in [-0.1, -0.05) is 11.6 Å². The summed E-state index contributed by atoms with van der Waals surface area (Å²) in [5.41, 5.74) is 6.10. The molecule has 0 unspecified atom stereocenters. The van der Waals surface area contributed by atoms with E-state index < -0.39 is 5.63 Å². The van der Waals surface area contributed by atoms with Crippen LogP contribution in [0.1, 0.15) is 0 Å². The summed E-state index contributed by atoms with van der Waals surface area (Å²) < 4.78 is 5.80. The Hall–Kier alpha value is -0.750. The molecular formula is C9H5ClINO2. The Kier molecular flexibility index (Phi) is 2.40. The van der Waals surface area contributed by atoms with Crippen LogP contribution in [0.25, 0.3) is 11.0 Å². The summed E-state index contributed by atoms with van der Waals surface area (Å²) >= 11 is 7.90. The van der Waals surface area contributed by atoms with Crippen molar-refractivity contribution in [2.75, 3.05) is 5.73 Å². The van der Waals surface area contributed by atoms with Gasteiger partial charge in [0.15, 0.2) is 5.58 Å². The van der Waals surface area contributed by atoms with E-state index in [4.69, 9.17) is 21.8 Å². The van der Waals surface area contributed by atoms with Crippen LogP contribution < -0.4 is 11.4 Å². The number of fused-ring (bicyclic) bond motifs is 1. The van der Waals surface area contributed by atoms with Crippen LogP contribution in [0.3, 0.4) is 0 Å². The molecule has 0 amide bonds. The first kappa shape index (κ1) is 9.79. The van der Waals surface area contributed by atoms with Gasteiger partial charge in [-0.25, -0.2) is 4.79 Å². The second kappa shape index (κ2) is 3.43. The number of anilines is 1. The topological polar surface area (TPSA) is 56.2 Å². The van der Waals surface area contributed by atoms with Gasteiger partial charge >= 0.3 is 5.63 Å². The fourth-order valence-corrected chi connectivity index (χ4v) is 2.35. The molecule has 1 aromatic heterocycles. The molecule has 0 radical (unpaired) electrons. The summed E-state index contributed by atoms with van der Waals surface area (Å²) in [7, 11) is 0. The molecular weight excluding hydrogens is 316 g/mol. The summed E-state index contributed by atoms with van der Waals surface area (Å²) in [5, 5.41) is 1.24. The number of hydrogen-bond donors (Lipinski definition) is 1. The summed E-state index contributed by atoms with van der Waals surface area (Å²) in [4.78, 5) is 11.1. The maximum atomic E-state index is 11.1. The Morgan fingerprint density at radius 3 is 2.79 bits per heavy atom. The molecule has 72 valence electrons. The fourth-order valence-electron chi connectivity index (χ4n) is 1.21. The van der Waals surface area contributed by atoms with E-state index in [9.17, 15) is 4.79 Å². The molecule has 0 bridgehead atoms. The van der Waals surface area contributed by atoms with Crippen molar-refractivity contribution in [3.05, 3.63) is 37.2 Å². The second-order valence-corrected chi connectivity index (χ2v) is 4.38. The molecule has 0 aliphatic rings. The van der Waals surface area contributed by atoms with E-state index in [1.54, 1.807) is 12.1 Å². The van der Waals surface area contributed by atoms with Crippen molar-refractivity contribution < 1.29 is 4.42 Å². The van der Waals surface area contributed by atoms with Crippen molar-refractivity contribution in [1.29, 1.82) is 0 Å². The number of nitrogen functional groups attached to an aromatic ring is 1. The zero-order chi connectivity index (χ0) is 10.3. The highest BCUT2D eigenvalue weighted by molar-refractivity contribution is 14.1. The molecule has 0 saturated carbocycles. The van der Waals surface area contributed by atoms with Crippen LogP contribution in [0.15, 0.2) is 27.4 Å². The Balaban J connectivity index is 3.01. The highest BCUT2D eigenvalue weighted by atomic mass is 127. The number of halogens is 2. The van der Waals surface area contributed by atoms with Gasteiger partial charge in [0, 0.05) is 22.2 Å². The van der Waals surface area contributed by atoms with E-state index in [1.807, 2.05) is 22.6 Å². The van der Waals surface area contributed by atoms with E-state index in [0.29, 0.717) is 21.7 Å². The quantitative estimate of drug-likeness (QED) is 0.599. The Labute approximate surface area is 98.0 Å². The third kappa shape index (κ3) is 1.59. The van der Waals surface area contributed by atoms with Gasteiger partial charge in [0.2, 0.25) is 0 Å². The summed E-state index contributed by atoms with van der Waals surface area (Å²) in [6.45, 7) is 0. The first-order chi connectivity index (χ1) is 6.58. The molecule has 2 N–H and O–H groups in total. The predicted octanol–water partition coefficient (Wildman–Crippen LogP) is 2.63. The molecule has 3 nitrogen and oxygen atoms in total. The first-order valence-electron chi connectivity index (χ1n) is 3.76. The van der Waals surface area contributed by atoms with Gasteiger partial charge in [-0.2, -0.15) is 0 Å². The van der Waals surface area contributed by atoms with Crippen LogP contribution in [-0.4, -0.2) is 0 Å². The van der Waals surface area contributed by atoms with E-state index in [0.717, 1.165) is 3.57 Å². The van der Waals surface area contributed by atoms with Crippen molar-refractivity contribution >= 4 is 50.8 Å². The molecule has 5 heteroatoms. The summed E-state index contributed by atoms with van der Waals surface area (Å²) in [5.74, 6) is 0. The Morgan fingerprint density at radius 2 is 2.07 bits per heavy atom. The van der Waals surface area contributed by atoms with Gasteiger partial charge in [0.25, 0.3) is 0 Å². The maximum absolute atomic E-state index is 11.1. The molecule has 1 heterocycles. The Morgan fingerprint density at radius 1 is 1.36 bits per heavy atom. The minimum atomic E-state index is -0.449. The van der Waals surface area contributed by atoms with Gasteiger partial charge in [-0.15, -0.1) is 0 Å². The molecule has 0 atom stereocenters. The summed E-state index contributed by atoms with van der Waals surface area (Å²) in [6, 6.07) is 4.64. The van der Waals surface area contributed by atoms with E-state index in [-0.39, 0.29) is 0 Å². The minimum Gasteiger partial charge on any atom is -0.421 e. The van der Waals surface area contributed by atoms with Crippen molar-refractivity contribution in [2.45, 2.75) is 0 Å². The van der Waals surface area contributed by atoms with E-state index >= 15 is 0 Å². The highest BCUT2D eigenvalue weighted by Crippen LogP contribution is 2.27. The van der Waals surface area contributed by atoms with E-state index in [2.05, 4.69) is 0 Å². The highest BCUT2D eigenvalue weighted by Gasteiger charge is 2.07. The molecule has 0 aliphatic carbocycles. The lowest BCUT2D eigenvalue weighted by Crippen LogP contribution is -2.01. The van der Waals surface area contributed by atoms with Gasteiger partial charge in [-0.3, -0.25) is 0 Å². The van der Waals surface area contributed by atoms with Crippen molar-refractivity contribution in [3.63, 3.8) is 0 Å². The largest absolute Gasteiger partial charge is 0.421 e.